The maximum atomic E-state index is 13.0. The zero-order valence-electron chi connectivity index (χ0n) is 17.8. The van der Waals surface area contributed by atoms with Gasteiger partial charge in [-0.15, -0.1) is 0 Å². The molecule has 0 saturated heterocycles. The summed E-state index contributed by atoms with van der Waals surface area (Å²) in [5.74, 6) is 0. The van der Waals surface area contributed by atoms with Crippen molar-refractivity contribution in [2.24, 2.45) is 5.41 Å². The lowest BCUT2D eigenvalue weighted by Crippen LogP contribution is -2.56. The highest BCUT2D eigenvalue weighted by atomic mass is 19.4. The Kier molecular flexibility index (Phi) is 7.52. The van der Waals surface area contributed by atoms with E-state index in [0.29, 0.717) is 12.1 Å². The third kappa shape index (κ3) is 8.93. The molecule has 1 aromatic carbocycles. The van der Waals surface area contributed by atoms with Gasteiger partial charge in [-0.05, 0) is 39.0 Å². The summed E-state index contributed by atoms with van der Waals surface area (Å²) in [6.07, 6.45) is -12.0. The highest BCUT2D eigenvalue weighted by Gasteiger charge is 2.37. The summed E-state index contributed by atoms with van der Waals surface area (Å²) in [6, 6.07) is -0.418. The van der Waals surface area contributed by atoms with Gasteiger partial charge in [0.2, 0.25) is 0 Å². The molecule has 1 rings (SSSR count). The van der Waals surface area contributed by atoms with Crippen LogP contribution in [0.5, 0.6) is 0 Å². The summed E-state index contributed by atoms with van der Waals surface area (Å²) in [4.78, 5) is 24.3. The number of anilines is 1. The molecule has 3 N–H and O–H groups in total. The second-order valence-electron chi connectivity index (χ2n) is 8.84. The second kappa shape index (κ2) is 8.83. The van der Waals surface area contributed by atoms with Crippen molar-refractivity contribution < 1.29 is 40.7 Å². The van der Waals surface area contributed by atoms with Crippen molar-refractivity contribution in [1.29, 1.82) is 0 Å². The smallest absolute Gasteiger partial charge is 0.416 e. The monoisotopic (exact) mass is 457 g/mol. The quantitative estimate of drug-likeness (QED) is 0.400. The van der Waals surface area contributed by atoms with Crippen molar-refractivity contribution in [3.8, 4) is 0 Å². The number of rotatable bonds is 3. The van der Waals surface area contributed by atoms with Gasteiger partial charge in [-0.3, -0.25) is 0 Å². The van der Waals surface area contributed by atoms with Crippen LogP contribution in [0.25, 0.3) is 0 Å². The Labute approximate surface area is 175 Å². The molecule has 6 nitrogen and oxygen atoms in total. The number of amides is 3. The molecule has 0 heterocycles. The predicted octanol–water partition coefficient (Wildman–Crippen LogP) is 5.74. The molecule has 0 aliphatic carbocycles. The van der Waals surface area contributed by atoms with Crippen LogP contribution in [-0.4, -0.2) is 23.9 Å². The number of alkyl halides is 6. The molecule has 1 aromatic rings. The average Bonchev–Trinajstić information content (AvgIpc) is 2.49. The Morgan fingerprint density at radius 3 is 1.61 bits per heavy atom. The Hall–Kier alpha value is -2.66. The van der Waals surface area contributed by atoms with E-state index in [2.05, 4.69) is 10.6 Å². The number of nitrogens with one attached hydrogen (secondary N) is 3. The molecule has 0 radical (unpaired) electrons. The van der Waals surface area contributed by atoms with Crippen LogP contribution >= 0.6 is 0 Å². The number of hydrogen-bond donors (Lipinski definition) is 3. The van der Waals surface area contributed by atoms with Crippen LogP contribution in [0, 0.1) is 5.41 Å². The molecule has 0 spiro atoms. The molecule has 31 heavy (non-hydrogen) atoms. The van der Waals surface area contributed by atoms with E-state index in [1.165, 1.54) is 0 Å². The SMILES string of the molecule is CC(C)(C)OC(=O)N[C@H](NC(=O)Nc1cc(C(F)(F)F)cc(C(F)(F)F)c1)C(C)(C)C. The van der Waals surface area contributed by atoms with Crippen molar-refractivity contribution in [1.82, 2.24) is 10.6 Å². The van der Waals surface area contributed by atoms with E-state index in [1.807, 2.05) is 5.32 Å². The minimum atomic E-state index is -5.06. The summed E-state index contributed by atoms with van der Waals surface area (Å²) in [6.45, 7) is 9.77. The average molecular weight is 457 g/mol. The first kappa shape index (κ1) is 26.4. The number of carbonyl (C=O) groups is 2. The van der Waals surface area contributed by atoms with E-state index in [4.69, 9.17) is 4.74 Å². The van der Waals surface area contributed by atoms with Gasteiger partial charge >= 0.3 is 24.5 Å². The number of alkyl carbamates (subject to hydrolysis) is 1. The molecular formula is C19H25F6N3O3. The first-order valence-electron chi connectivity index (χ1n) is 9.05. The molecule has 0 saturated carbocycles. The van der Waals surface area contributed by atoms with E-state index < -0.39 is 58.5 Å². The molecule has 1 atom stereocenters. The molecule has 0 bridgehead atoms. The van der Waals surface area contributed by atoms with Crippen molar-refractivity contribution in [3.63, 3.8) is 0 Å². The van der Waals surface area contributed by atoms with Crippen LogP contribution in [0.4, 0.5) is 41.6 Å². The summed E-state index contributed by atoms with van der Waals surface area (Å²) in [7, 11) is 0. The first-order valence-corrected chi connectivity index (χ1v) is 9.05. The standard InChI is InChI=1S/C19H25F6N3O3/c1-16(2,3)13(28-15(30)31-17(4,5)6)27-14(29)26-12-8-10(18(20,21)22)7-11(9-12)19(23,24)25/h7-9,13H,1-6H3,(H,28,30)(H2,26,27,29)/t13-/m0/s1. The number of ether oxygens (including phenoxy) is 1. The molecule has 0 unspecified atom stereocenters. The van der Waals surface area contributed by atoms with Crippen LogP contribution < -0.4 is 16.0 Å². The zero-order chi connectivity index (χ0) is 24.4. The Morgan fingerprint density at radius 1 is 0.806 bits per heavy atom. The molecule has 0 aliphatic rings. The fraction of sp³-hybridized carbons (Fsp3) is 0.579. The van der Waals surface area contributed by atoms with E-state index >= 15 is 0 Å². The second-order valence-corrected chi connectivity index (χ2v) is 8.84. The summed E-state index contributed by atoms with van der Waals surface area (Å²) in [5, 5.41) is 6.67. The predicted molar refractivity (Wildman–Crippen MR) is 101 cm³/mol. The fourth-order valence-electron chi connectivity index (χ4n) is 2.22. The zero-order valence-corrected chi connectivity index (χ0v) is 17.8. The molecule has 0 aromatic heterocycles. The Bertz CT molecular complexity index is 776. The topological polar surface area (TPSA) is 79.5 Å². The Morgan fingerprint density at radius 2 is 1.26 bits per heavy atom. The number of benzene rings is 1. The van der Waals surface area contributed by atoms with Gasteiger partial charge in [0.25, 0.3) is 0 Å². The third-order valence-electron chi connectivity index (χ3n) is 3.65. The van der Waals surface area contributed by atoms with Crippen LogP contribution in [0.15, 0.2) is 18.2 Å². The minimum Gasteiger partial charge on any atom is -0.444 e. The van der Waals surface area contributed by atoms with Gasteiger partial charge in [-0.2, -0.15) is 26.3 Å². The van der Waals surface area contributed by atoms with E-state index in [0.717, 1.165) is 0 Å². The van der Waals surface area contributed by atoms with Crippen LogP contribution in [-0.2, 0) is 17.1 Å². The van der Waals surface area contributed by atoms with Gasteiger partial charge in [0, 0.05) is 11.1 Å². The van der Waals surface area contributed by atoms with Gasteiger partial charge < -0.3 is 20.7 Å². The van der Waals surface area contributed by atoms with Crippen molar-refractivity contribution in [2.45, 2.75) is 65.7 Å². The minimum absolute atomic E-state index is 0.0505. The largest absolute Gasteiger partial charge is 0.444 e. The van der Waals surface area contributed by atoms with Gasteiger partial charge in [-0.25, -0.2) is 9.59 Å². The highest BCUT2D eigenvalue weighted by molar-refractivity contribution is 5.90. The lowest BCUT2D eigenvalue weighted by Gasteiger charge is -2.33. The number of carbonyl (C=O) groups excluding carboxylic acids is 2. The number of halogens is 6. The molecule has 176 valence electrons. The third-order valence-corrected chi connectivity index (χ3v) is 3.65. The van der Waals surface area contributed by atoms with Crippen molar-refractivity contribution >= 4 is 17.8 Å². The van der Waals surface area contributed by atoms with Crippen LogP contribution in [0.3, 0.4) is 0 Å². The molecule has 12 heteroatoms. The van der Waals surface area contributed by atoms with Crippen LogP contribution in [0.2, 0.25) is 0 Å². The van der Waals surface area contributed by atoms with E-state index in [9.17, 15) is 35.9 Å². The van der Waals surface area contributed by atoms with Crippen molar-refractivity contribution in [2.75, 3.05) is 5.32 Å². The van der Waals surface area contributed by atoms with Crippen LogP contribution in [0.1, 0.15) is 52.7 Å². The number of hydrogen-bond acceptors (Lipinski definition) is 3. The maximum Gasteiger partial charge on any atom is 0.416 e. The first-order chi connectivity index (χ1) is 13.7. The summed E-state index contributed by atoms with van der Waals surface area (Å²) < 4.78 is 82.9. The van der Waals surface area contributed by atoms with Gasteiger partial charge in [-0.1, -0.05) is 20.8 Å². The Balaban J connectivity index is 3.08. The summed E-state index contributed by atoms with van der Waals surface area (Å²) in [5.41, 5.74) is -5.47. The summed E-state index contributed by atoms with van der Waals surface area (Å²) >= 11 is 0. The van der Waals surface area contributed by atoms with E-state index in [1.54, 1.807) is 41.5 Å². The molecule has 0 fully saturated rings. The number of urea groups is 1. The maximum absolute atomic E-state index is 13.0. The van der Waals surface area contributed by atoms with Gasteiger partial charge in [0.15, 0.2) is 0 Å². The molecule has 0 aliphatic heterocycles. The van der Waals surface area contributed by atoms with Gasteiger partial charge in [0.05, 0.1) is 11.1 Å². The van der Waals surface area contributed by atoms with Gasteiger partial charge in [0.1, 0.15) is 11.8 Å². The van der Waals surface area contributed by atoms with E-state index in [-0.39, 0.29) is 6.07 Å². The normalized spacial score (nSPS) is 13.9. The van der Waals surface area contributed by atoms with Crippen molar-refractivity contribution in [3.05, 3.63) is 29.3 Å². The molecular weight excluding hydrogens is 432 g/mol. The fourth-order valence-corrected chi connectivity index (χ4v) is 2.22. The molecule has 3 amide bonds. The lowest BCUT2D eigenvalue weighted by molar-refractivity contribution is -0.143. The lowest BCUT2D eigenvalue weighted by atomic mass is 9.92. The highest BCUT2D eigenvalue weighted by Crippen LogP contribution is 2.37.